The average Bonchev–Trinajstić information content (AvgIpc) is 2.97. The van der Waals surface area contributed by atoms with Gasteiger partial charge in [-0.1, -0.05) is 6.07 Å². The Balaban J connectivity index is 1.74. The molecule has 1 aromatic heterocycles. The number of fused-ring (bicyclic) bond motifs is 1. The molecule has 1 heterocycles. The van der Waals surface area contributed by atoms with Crippen LogP contribution in [0.5, 0.6) is 11.5 Å². The molecule has 29 heavy (non-hydrogen) atoms. The molecular weight excluding hydrogens is 385 g/mol. The number of H-pyrrole nitrogens is 1. The van der Waals surface area contributed by atoms with Gasteiger partial charge in [-0.2, -0.15) is 8.78 Å². The Labute approximate surface area is 166 Å². The van der Waals surface area contributed by atoms with E-state index in [-0.39, 0.29) is 36.2 Å². The average molecular weight is 406 g/mol. The molecule has 0 atom stereocenters. The number of rotatable bonds is 7. The summed E-state index contributed by atoms with van der Waals surface area (Å²) in [6.45, 7) is -0.865. The van der Waals surface area contributed by atoms with Crippen molar-refractivity contribution < 1.29 is 27.4 Å². The van der Waals surface area contributed by atoms with Crippen LogP contribution in [-0.4, -0.2) is 36.6 Å². The molecule has 8 heteroatoms. The summed E-state index contributed by atoms with van der Waals surface area (Å²) < 4.78 is 48.0. The number of alkyl halides is 2. The van der Waals surface area contributed by atoms with Gasteiger partial charge in [0.1, 0.15) is 5.82 Å². The molecule has 0 fully saturated rings. The van der Waals surface area contributed by atoms with E-state index in [1.165, 1.54) is 30.2 Å². The molecular formula is C21H21F3N2O3. The largest absolute Gasteiger partial charge is 0.493 e. The summed E-state index contributed by atoms with van der Waals surface area (Å²) >= 11 is 0. The standard InChI is InChI=1S/C21H21F3N2O3/c1-12-15(16-9-14(22)5-6-17(16)25-12)10-20(27)26(2)11-13-4-7-18(29-21(23)24)19(8-13)28-3/h4-9,21,25H,10-11H2,1-3H3. The number of halogens is 3. The molecule has 1 N–H and O–H groups in total. The van der Waals surface area contributed by atoms with Gasteiger partial charge in [-0.15, -0.1) is 0 Å². The zero-order valence-electron chi connectivity index (χ0n) is 16.3. The summed E-state index contributed by atoms with van der Waals surface area (Å²) in [5, 5.41) is 0.680. The summed E-state index contributed by atoms with van der Waals surface area (Å²) in [5.41, 5.74) is 3.02. The van der Waals surface area contributed by atoms with Gasteiger partial charge in [-0.3, -0.25) is 4.79 Å². The number of ether oxygens (including phenoxy) is 2. The minimum absolute atomic E-state index is 0.0725. The van der Waals surface area contributed by atoms with Gasteiger partial charge in [0.2, 0.25) is 5.91 Å². The minimum atomic E-state index is -2.96. The molecule has 0 saturated heterocycles. The van der Waals surface area contributed by atoms with Crippen molar-refractivity contribution in [2.75, 3.05) is 14.2 Å². The number of benzene rings is 2. The van der Waals surface area contributed by atoms with Crippen molar-refractivity contribution in [3.05, 3.63) is 59.0 Å². The molecule has 154 valence electrons. The van der Waals surface area contributed by atoms with Crippen molar-refractivity contribution in [1.82, 2.24) is 9.88 Å². The van der Waals surface area contributed by atoms with Crippen molar-refractivity contribution in [2.45, 2.75) is 26.5 Å². The molecule has 0 aliphatic carbocycles. The van der Waals surface area contributed by atoms with Crippen molar-refractivity contribution in [1.29, 1.82) is 0 Å². The number of aromatic nitrogens is 1. The van der Waals surface area contributed by atoms with Crippen molar-refractivity contribution in [2.24, 2.45) is 0 Å². The van der Waals surface area contributed by atoms with Crippen molar-refractivity contribution >= 4 is 16.8 Å². The van der Waals surface area contributed by atoms with Crippen LogP contribution >= 0.6 is 0 Å². The second kappa shape index (κ2) is 8.46. The van der Waals surface area contributed by atoms with Crippen LogP contribution in [0.25, 0.3) is 10.9 Å². The highest BCUT2D eigenvalue weighted by molar-refractivity contribution is 5.90. The Kier molecular flexibility index (Phi) is 6.00. The van der Waals surface area contributed by atoms with Crippen LogP contribution in [0.15, 0.2) is 36.4 Å². The first-order chi connectivity index (χ1) is 13.8. The number of methoxy groups -OCH3 is 1. The van der Waals surface area contributed by atoms with E-state index < -0.39 is 6.61 Å². The SMILES string of the molecule is COc1cc(CN(C)C(=O)Cc2c(C)[nH]c3ccc(F)cc23)ccc1OC(F)F. The first kappa shape index (κ1) is 20.6. The third-order valence-electron chi connectivity index (χ3n) is 4.70. The summed E-state index contributed by atoms with van der Waals surface area (Å²) in [4.78, 5) is 17.4. The Bertz CT molecular complexity index is 1030. The number of likely N-dealkylation sites (N-methyl/N-ethyl adjacent to an activating group) is 1. The van der Waals surface area contributed by atoms with Crippen LogP contribution in [0.3, 0.4) is 0 Å². The molecule has 1 amide bonds. The maximum Gasteiger partial charge on any atom is 0.387 e. The quantitative estimate of drug-likeness (QED) is 0.632. The summed E-state index contributed by atoms with van der Waals surface area (Å²) in [7, 11) is 2.99. The van der Waals surface area contributed by atoms with E-state index in [2.05, 4.69) is 9.72 Å². The van der Waals surface area contributed by atoms with Gasteiger partial charge in [0, 0.05) is 30.2 Å². The van der Waals surface area contributed by atoms with E-state index in [0.717, 1.165) is 16.8 Å². The molecule has 0 saturated carbocycles. The molecule has 3 rings (SSSR count). The van der Waals surface area contributed by atoms with Gasteiger partial charge in [0.05, 0.1) is 13.5 Å². The minimum Gasteiger partial charge on any atom is -0.493 e. The summed E-state index contributed by atoms with van der Waals surface area (Å²) in [6.07, 6.45) is 0.107. The van der Waals surface area contributed by atoms with Crippen molar-refractivity contribution in [3.8, 4) is 11.5 Å². The number of carbonyl (C=O) groups is 1. The number of aryl methyl sites for hydroxylation is 1. The first-order valence-electron chi connectivity index (χ1n) is 8.91. The number of nitrogens with zero attached hydrogens (tertiary/aromatic N) is 1. The van der Waals surface area contributed by atoms with Gasteiger partial charge >= 0.3 is 6.61 Å². The van der Waals surface area contributed by atoms with E-state index >= 15 is 0 Å². The molecule has 0 radical (unpaired) electrons. The van der Waals surface area contributed by atoms with Gasteiger partial charge in [0.25, 0.3) is 0 Å². The topological polar surface area (TPSA) is 54.6 Å². The molecule has 0 bridgehead atoms. The van der Waals surface area contributed by atoms with Gasteiger partial charge in [-0.05, 0) is 48.4 Å². The number of carbonyl (C=O) groups excluding carboxylic acids is 1. The predicted octanol–water partition coefficient (Wildman–Crippen LogP) is 4.43. The Morgan fingerprint density at radius 1 is 1.17 bits per heavy atom. The summed E-state index contributed by atoms with van der Waals surface area (Å²) in [6, 6.07) is 8.94. The predicted molar refractivity (Wildman–Crippen MR) is 103 cm³/mol. The highest BCUT2D eigenvalue weighted by atomic mass is 19.3. The van der Waals surface area contributed by atoms with Crippen LogP contribution in [-0.2, 0) is 17.8 Å². The lowest BCUT2D eigenvalue weighted by molar-refractivity contribution is -0.129. The second-order valence-electron chi connectivity index (χ2n) is 6.71. The van der Waals surface area contributed by atoms with Crippen LogP contribution in [0.2, 0.25) is 0 Å². The van der Waals surface area contributed by atoms with Gasteiger partial charge in [-0.25, -0.2) is 4.39 Å². The fourth-order valence-electron chi connectivity index (χ4n) is 3.23. The van der Waals surface area contributed by atoms with E-state index in [4.69, 9.17) is 4.74 Å². The fourth-order valence-corrected chi connectivity index (χ4v) is 3.23. The zero-order valence-corrected chi connectivity index (χ0v) is 16.3. The molecule has 2 aromatic carbocycles. The first-order valence-corrected chi connectivity index (χ1v) is 8.91. The van der Waals surface area contributed by atoms with E-state index in [1.54, 1.807) is 25.2 Å². The lowest BCUT2D eigenvalue weighted by atomic mass is 10.1. The van der Waals surface area contributed by atoms with Gasteiger partial charge in [0.15, 0.2) is 11.5 Å². The van der Waals surface area contributed by atoms with Crippen LogP contribution < -0.4 is 9.47 Å². The third kappa shape index (κ3) is 4.64. The van der Waals surface area contributed by atoms with E-state index in [1.807, 2.05) is 6.92 Å². The normalized spacial score (nSPS) is 11.1. The molecule has 0 aliphatic rings. The second-order valence-corrected chi connectivity index (χ2v) is 6.71. The Morgan fingerprint density at radius 3 is 2.62 bits per heavy atom. The molecule has 0 spiro atoms. The van der Waals surface area contributed by atoms with Crippen molar-refractivity contribution in [3.63, 3.8) is 0 Å². The number of hydrogen-bond acceptors (Lipinski definition) is 3. The smallest absolute Gasteiger partial charge is 0.387 e. The van der Waals surface area contributed by atoms with Crippen LogP contribution in [0.4, 0.5) is 13.2 Å². The molecule has 5 nitrogen and oxygen atoms in total. The maximum atomic E-state index is 13.6. The third-order valence-corrected chi connectivity index (χ3v) is 4.70. The number of aromatic amines is 1. The molecule has 3 aromatic rings. The summed E-state index contributed by atoms with van der Waals surface area (Å²) in [5.74, 6) is -0.440. The fraction of sp³-hybridized carbons (Fsp3) is 0.286. The van der Waals surface area contributed by atoms with Crippen LogP contribution in [0.1, 0.15) is 16.8 Å². The number of hydrogen-bond donors (Lipinski definition) is 1. The Morgan fingerprint density at radius 2 is 1.93 bits per heavy atom. The van der Waals surface area contributed by atoms with Gasteiger partial charge < -0.3 is 19.4 Å². The molecule has 0 unspecified atom stereocenters. The molecule has 0 aliphatic heterocycles. The highest BCUT2D eigenvalue weighted by Crippen LogP contribution is 2.30. The maximum absolute atomic E-state index is 13.6. The lowest BCUT2D eigenvalue weighted by Gasteiger charge is -2.19. The Hall–Kier alpha value is -3.16. The number of amides is 1. The van der Waals surface area contributed by atoms with Crippen LogP contribution in [0, 0.1) is 12.7 Å². The van der Waals surface area contributed by atoms with E-state index in [0.29, 0.717) is 10.9 Å². The number of nitrogens with one attached hydrogen (secondary N) is 1. The van der Waals surface area contributed by atoms with E-state index in [9.17, 15) is 18.0 Å². The monoisotopic (exact) mass is 406 g/mol. The lowest BCUT2D eigenvalue weighted by Crippen LogP contribution is -2.27. The highest BCUT2D eigenvalue weighted by Gasteiger charge is 2.17. The zero-order chi connectivity index (χ0) is 21.1.